The first-order valence-electron chi connectivity index (χ1n) is 35.8. The van der Waals surface area contributed by atoms with Crippen molar-refractivity contribution in [2.24, 2.45) is 0 Å². The Bertz CT molecular complexity index is 6330. The number of rotatable bonds is 17. The van der Waals surface area contributed by atoms with Crippen LogP contribution in [-0.4, -0.2) is 68.8 Å². The van der Waals surface area contributed by atoms with Crippen LogP contribution in [0.2, 0.25) is 0 Å². The second-order valence-electron chi connectivity index (χ2n) is 26.6. The zero-order valence-electron chi connectivity index (χ0n) is 60.7. The van der Waals surface area contributed by atoms with E-state index in [0.29, 0.717) is 56.1 Å². The highest BCUT2D eigenvalue weighted by Gasteiger charge is 2.86. The summed E-state index contributed by atoms with van der Waals surface area (Å²) in [6.07, 6.45) is -7.22. The van der Waals surface area contributed by atoms with Gasteiger partial charge >= 0.3 is 40.5 Å². The molecular weight excluding hydrogens is 1510 g/mol. The Kier molecular flexibility index (Phi) is 22.5. The van der Waals surface area contributed by atoms with E-state index in [1.54, 1.807) is 48.5 Å². The molecule has 0 saturated carbocycles. The Labute approximate surface area is 660 Å². The molecule has 14 aromatic carbocycles. The van der Waals surface area contributed by atoms with E-state index in [0.717, 1.165) is 78.7 Å². The molecular formula is C94H60BF9N6O5S. The number of hydrogen-bond acceptors (Lipinski definition) is 11. The number of nitriles is 2. The lowest BCUT2D eigenvalue weighted by Crippen LogP contribution is -2.63. The van der Waals surface area contributed by atoms with Gasteiger partial charge in [0.2, 0.25) is 0 Å². The summed E-state index contributed by atoms with van der Waals surface area (Å²) in [7, 11) is -8.66. The highest BCUT2D eigenvalue weighted by atomic mass is 32.2. The summed E-state index contributed by atoms with van der Waals surface area (Å²) < 4.78 is 152. The Morgan fingerprint density at radius 1 is 0.302 bits per heavy atom. The number of benzene rings is 14. The van der Waals surface area contributed by atoms with Gasteiger partial charge in [0.05, 0.1) is 46.0 Å². The number of alkyl halides is 9. The molecule has 0 fully saturated rings. The van der Waals surface area contributed by atoms with Crippen LogP contribution in [0.25, 0.3) is 145 Å². The molecule has 0 radical (unpaired) electrons. The standard InChI is InChI=1S/C45H29N3.C36H21F9N2O3S.C13H10BNO2/c46-30-31-10-9-17-38(26-31)32-18-20-33(21-19-32)41-27-39-15-7-8-16-40(39)28-42(41)34-22-24-36(25-23-34)44-29-43(35-11-3-1-4-12-35)47-45(48-44)37-13-5-2-6-14-37;37-33(38,35(41,42)43)34(39,40)36(44,45)51(48,49)50-31-20-27-14-8-7-13-26(27)19-28(31)22-15-17-24(18-16-22)30-21-29(23-9-3-1-4-10-23)46-32(47-30)25-11-5-2-6-12-25;15-9-10-2-1-3-12(8-10)11-4-6-13(7-5-11)14(16)17/h1-29H;1-21H;1-8,16-17H. The van der Waals surface area contributed by atoms with E-state index in [4.69, 9.17) is 30.3 Å². The first kappa shape index (κ1) is 78.5. The van der Waals surface area contributed by atoms with Crippen LogP contribution in [0.15, 0.2) is 352 Å². The minimum atomic E-state index is -7.45. The molecule has 0 atom stereocenters. The fraction of sp³-hybridized carbons (Fsp3) is 0.0426. The molecule has 0 amide bonds. The summed E-state index contributed by atoms with van der Waals surface area (Å²) in [5, 5.41) is 32.0. The van der Waals surface area contributed by atoms with E-state index >= 15 is 0 Å². The van der Waals surface area contributed by atoms with E-state index in [1.807, 2.05) is 146 Å². The summed E-state index contributed by atoms with van der Waals surface area (Å²) in [5.41, 5.74) is 17.9. The number of halogens is 9. The van der Waals surface area contributed by atoms with Gasteiger partial charge < -0.3 is 14.2 Å². The molecule has 116 heavy (non-hydrogen) atoms. The number of fused-ring (bicyclic) bond motifs is 2. The summed E-state index contributed by atoms with van der Waals surface area (Å²) in [4.78, 5) is 19.4. The molecule has 22 heteroatoms. The van der Waals surface area contributed by atoms with Crippen LogP contribution in [0, 0.1) is 22.7 Å². The smallest absolute Gasteiger partial charge is 0.423 e. The second-order valence-corrected chi connectivity index (χ2v) is 28.2. The molecule has 0 aliphatic heterocycles. The molecule has 0 unspecified atom stereocenters. The third-order valence-electron chi connectivity index (χ3n) is 19.1. The zero-order valence-corrected chi connectivity index (χ0v) is 61.5. The molecule has 2 aromatic heterocycles. The summed E-state index contributed by atoms with van der Waals surface area (Å²) in [6.45, 7) is 0. The highest BCUT2D eigenvalue weighted by molar-refractivity contribution is 7.88. The lowest BCUT2D eigenvalue weighted by atomic mass is 9.80. The summed E-state index contributed by atoms with van der Waals surface area (Å²) in [6, 6.07) is 113. The van der Waals surface area contributed by atoms with E-state index in [-0.39, 0.29) is 16.5 Å². The zero-order chi connectivity index (χ0) is 81.4. The molecule has 16 aromatic rings. The van der Waals surface area contributed by atoms with Crippen molar-refractivity contribution >= 4 is 44.2 Å². The van der Waals surface area contributed by atoms with Gasteiger partial charge in [0.15, 0.2) is 17.4 Å². The Balaban J connectivity index is 0.000000159. The van der Waals surface area contributed by atoms with Crippen molar-refractivity contribution in [1.82, 2.24) is 19.9 Å². The largest absolute Gasteiger partial charge is 0.488 e. The normalized spacial score (nSPS) is 11.6. The van der Waals surface area contributed by atoms with Crippen LogP contribution in [0.4, 0.5) is 39.5 Å². The predicted molar refractivity (Wildman–Crippen MR) is 435 cm³/mol. The van der Waals surface area contributed by atoms with E-state index < -0.39 is 46.3 Å². The fourth-order valence-corrected chi connectivity index (χ4v) is 13.8. The second kappa shape index (κ2) is 33.3. The van der Waals surface area contributed by atoms with E-state index in [1.165, 1.54) is 64.9 Å². The maximum atomic E-state index is 14.6. The van der Waals surface area contributed by atoms with Crippen LogP contribution >= 0.6 is 0 Å². The molecule has 2 heterocycles. The molecule has 568 valence electrons. The Hall–Kier alpha value is -14.2. The van der Waals surface area contributed by atoms with Crippen LogP contribution in [0.5, 0.6) is 5.75 Å². The number of aromatic nitrogens is 4. The molecule has 0 spiro atoms. The van der Waals surface area contributed by atoms with Gasteiger partial charge in [-0.2, -0.15) is 58.5 Å². The molecule has 0 aliphatic carbocycles. The molecule has 0 bridgehead atoms. The first-order valence-corrected chi connectivity index (χ1v) is 37.2. The number of nitrogens with zero attached hydrogens (tertiary/aromatic N) is 6. The third kappa shape index (κ3) is 16.8. The lowest BCUT2D eigenvalue weighted by molar-refractivity contribution is -0.382. The maximum Gasteiger partial charge on any atom is 0.488 e. The minimum absolute atomic E-state index is 0.0750. The van der Waals surface area contributed by atoms with Crippen LogP contribution in [-0.2, 0) is 10.1 Å². The van der Waals surface area contributed by atoms with Gasteiger partial charge in [0.1, 0.15) is 0 Å². The van der Waals surface area contributed by atoms with Crippen LogP contribution < -0.4 is 9.65 Å². The molecule has 16 rings (SSSR count). The molecule has 11 nitrogen and oxygen atoms in total. The van der Waals surface area contributed by atoms with Crippen molar-refractivity contribution in [3.8, 4) is 141 Å². The van der Waals surface area contributed by atoms with E-state index in [9.17, 15) is 53.2 Å². The first-order chi connectivity index (χ1) is 55.8. The van der Waals surface area contributed by atoms with Crippen LogP contribution in [0.3, 0.4) is 0 Å². The fourth-order valence-electron chi connectivity index (χ4n) is 12.9. The van der Waals surface area contributed by atoms with Crippen molar-refractivity contribution in [2.75, 3.05) is 0 Å². The average Bonchev–Trinajstić information content (AvgIpc) is 0.719. The van der Waals surface area contributed by atoms with Gasteiger partial charge in [-0.05, 0) is 138 Å². The van der Waals surface area contributed by atoms with Gasteiger partial charge in [0, 0.05) is 38.9 Å². The lowest BCUT2D eigenvalue weighted by Gasteiger charge is -2.32. The van der Waals surface area contributed by atoms with Crippen molar-refractivity contribution in [3.05, 3.63) is 363 Å². The minimum Gasteiger partial charge on any atom is -0.423 e. The summed E-state index contributed by atoms with van der Waals surface area (Å²) in [5.74, 6) is -14.8. The third-order valence-corrected chi connectivity index (χ3v) is 20.3. The maximum absolute atomic E-state index is 14.6. The van der Waals surface area contributed by atoms with Gasteiger partial charge in [-0.3, -0.25) is 0 Å². The molecule has 0 saturated heterocycles. The van der Waals surface area contributed by atoms with Gasteiger partial charge in [0.25, 0.3) is 0 Å². The van der Waals surface area contributed by atoms with Crippen molar-refractivity contribution < 1.29 is 62.2 Å². The topological polar surface area (TPSA) is 183 Å². The van der Waals surface area contributed by atoms with Crippen molar-refractivity contribution in [3.63, 3.8) is 0 Å². The summed E-state index contributed by atoms with van der Waals surface area (Å²) >= 11 is 0. The van der Waals surface area contributed by atoms with Gasteiger partial charge in [-0.25, -0.2) is 19.9 Å². The van der Waals surface area contributed by atoms with Gasteiger partial charge in [-0.1, -0.05) is 291 Å². The quantitative estimate of drug-likeness (QED) is 0.0502. The SMILES string of the molecule is N#Cc1cccc(-c2ccc(-c3cc4ccccc4cc3-c3ccc(-c4cc(-c5ccccc5)nc(-c5ccccc5)n4)cc3)cc2)c1.N#Cc1cccc(-c2ccc(B(O)O)cc2)c1.O=S(=O)(Oc1cc2ccccc2cc1-c1ccc(-c2cc(-c3ccccc3)nc(-c3ccccc3)n2)cc1)C(F)(F)C(F)(F)C(F)(F)C(F)(F)F. The molecule has 0 aliphatic rings. The monoisotopic (exact) mass is 1570 g/mol. The van der Waals surface area contributed by atoms with Gasteiger partial charge in [-0.15, -0.1) is 0 Å². The van der Waals surface area contributed by atoms with Crippen molar-refractivity contribution in [1.29, 1.82) is 10.5 Å². The Morgan fingerprint density at radius 3 is 0.948 bits per heavy atom. The molecule has 2 N–H and O–H groups in total. The number of hydrogen-bond donors (Lipinski definition) is 2. The predicted octanol–water partition coefficient (Wildman–Crippen LogP) is 22.8. The Morgan fingerprint density at radius 2 is 0.595 bits per heavy atom. The van der Waals surface area contributed by atoms with Crippen molar-refractivity contribution in [2.45, 2.75) is 23.3 Å². The average molecular weight is 1570 g/mol. The van der Waals surface area contributed by atoms with Crippen LogP contribution in [0.1, 0.15) is 11.1 Å². The highest BCUT2D eigenvalue weighted by Crippen LogP contribution is 2.56. The van der Waals surface area contributed by atoms with E-state index in [2.05, 4.69) is 124 Å².